The topological polar surface area (TPSA) is 117 Å². The van der Waals surface area contributed by atoms with Gasteiger partial charge in [-0.25, -0.2) is 4.79 Å². The summed E-state index contributed by atoms with van der Waals surface area (Å²) < 4.78 is 5.23. The number of benzene rings is 1. The second-order valence-electron chi connectivity index (χ2n) is 4.18. The van der Waals surface area contributed by atoms with E-state index in [2.05, 4.69) is 0 Å². The van der Waals surface area contributed by atoms with Gasteiger partial charge in [0.05, 0.1) is 0 Å². The van der Waals surface area contributed by atoms with Gasteiger partial charge in [-0.05, 0) is 24.4 Å². The van der Waals surface area contributed by atoms with E-state index in [1.54, 1.807) is 12.1 Å². The molecule has 1 aromatic rings. The Morgan fingerprint density at radius 2 is 2.26 bits per heavy atom. The van der Waals surface area contributed by atoms with Crippen molar-refractivity contribution in [3.63, 3.8) is 0 Å². The standard InChI is InChI=1S/C12H13BN2O4/c14-6-4-9(15)8-2-1-7-3-5-13(18)19-11(7)10(8)12(16)17/h1-2,4,6,14,18H,3,5,15H2,(H,16,17)/b9-4-,14-6?. The molecule has 1 aliphatic rings. The smallest absolute Gasteiger partial charge is 0.522 e. The summed E-state index contributed by atoms with van der Waals surface area (Å²) in [5.74, 6) is -1.02. The summed E-state index contributed by atoms with van der Waals surface area (Å²) in [5, 5.41) is 25.8. The van der Waals surface area contributed by atoms with Gasteiger partial charge in [0, 0.05) is 17.5 Å². The highest BCUT2D eigenvalue weighted by molar-refractivity contribution is 6.44. The molecule has 0 aromatic heterocycles. The number of aromatic carboxylic acids is 1. The van der Waals surface area contributed by atoms with Crippen LogP contribution in [0.1, 0.15) is 21.5 Å². The highest BCUT2D eigenvalue weighted by Crippen LogP contribution is 2.34. The second-order valence-corrected chi connectivity index (χ2v) is 4.18. The molecule has 1 heterocycles. The van der Waals surface area contributed by atoms with Gasteiger partial charge in [-0.3, -0.25) is 0 Å². The first-order valence-electron chi connectivity index (χ1n) is 5.75. The first-order valence-corrected chi connectivity index (χ1v) is 5.75. The van der Waals surface area contributed by atoms with E-state index >= 15 is 0 Å². The molecule has 0 unspecified atom stereocenters. The van der Waals surface area contributed by atoms with Crippen LogP contribution in [0.15, 0.2) is 18.2 Å². The van der Waals surface area contributed by atoms with E-state index in [1.165, 1.54) is 6.08 Å². The first kappa shape index (κ1) is 13.2. The fraction of sp³-hybridized carbons (Fsp3) is 0.167. The summed E-state index contributed by atoms with van der Waals surface area (Å²) in [6, 6.07) is 3.33. The van der Waals surface area contributed by atoms with Crippen LogP contribution in [-0.2, 0) is 6.42 Å². The Labute approximate surface area is 110 Å². The number of nitrogens with two attached hydrogens (primary N) is 1. The Morgan fingerprint density at radius 3 is 2.89 bits per heavy atom. The fourth-order valence-electron chi connectivity index (χ4n) is 2.06. The van der Waals surface area contributed by atoms with E-state index in [1.807, 2.05) is 0 Å². The van der Waals surface area contributed by atoms with E-state index in [4.69, 9.17) is 15.8 Å². The Hall–Kier alpha value is -2.28. The van der Waals surface area contributed by atoms with E-state index in [9.17, 15) is 14.9 Å². The van der Waals surface area contributed by atoms with Crippen LogP contribution in [-0.4, -0.2) is 29.4 Å². The SMILES string of the molecule is N=C/C=C(\N)c1ccc2c(c1C(=O)O)OB(O)CC2. The van der Waals surface area contributed by atoms with Crippen LogP contribution in [0.2, 0.25) is 6.32 Å². The third-order valence-electron chi connectivity index (χ3n) is 2.94. The number of fused-ring (bicyclic) bond motifs is 1. The molecule has 2 rings (SSSR count). The molecule has 0 bridgehead atoms. The van der Waals surface area contributed by atoms with Crippen molar-refractivity contribution in [2.75, 3.05) is 0 Å². The molecule has 0 amide bonds. The van der Waals surface area contributed by atoms with Crippen molar-refractivity contribution < 1.29 is 19.6 Å². The summed E-state index contributed by atoms with van der Waals surface area (Å²) in [5.41, 5.74) is 6.84. The fourth-order valence-corrected chi connectivity index (χ4v) is 2.06. The van der Waals surface area contributed by atoms with Crippen LogP contribution in [0.4, 0.5) is 0 Å². The second kappa shape index (κ2) is 5.15. The number of carboxylic acid groups (broad SMARTS) is 1. The predicted octanol–water partition coefficient (Wildman–Crippen LogP) is 0.749. The van der Waals surface area contributed by atoms with E-state index in [-0.39, 0.29) is 22.6 Å². The summed E-state index contributed by atoms with van der Waals surface area (Å²) in [4.78, 5) is 11.4. The van der Waals surface area contributed by atoms with Crippen LogP contribution < -0.4 is 10.4 Å². The van der Waals surface area contributed by atoms with Gasteiger partial charge < -0.3 is 25.9 Å². The minimum atomic E-state index is -1.18. The maximum Gasteiger partial charge on any atom is 0.522 e. The number of nitrogens with one attached hydrogen (secondary N) is 1. The van der Waals surface area contributed by atoms with E-state index in [0.717, 1.165) is 11.8 Å². The Balaban J connectivity index is 2.64. The van der Waals surface area contributed by atoms with Crippen molar-refractivity contribution in [1.29, 1.82) is 5.41 Å². The molecule has 7 heteroatoms. The molecular formula is C12H13BN2O4. The largest absolute Gasteiger partial charge is 0.535 e. The average Bonchev–Trinajstić information content (AvgIpc) is 2.37. The summed E-state index contributed by atoms with van der Waals surface area (Å²) >= 11 is 0. The maximum atomic E-state index is 11.4. The van der Waals surface area contributed by atoms with Crippen molar-refractivity contribution in [1.82, 2.24) is 0 Å². The van der Waals surface area contributed by atoms with Gasteiger partial charge in [0.15, 0.2) is 0 Å². The zero-order chi connectivity index (χ0) is 14.0. The van der Waals surface area contributed by atoms with Gasteiger partial charge >= 0.3 is 13.1 Å². The van der Waals surface area contributed by atoms with Gasteiger partial charge in [0.1, 0.15) is 11.3 Å². The van der Waals surface area contributed by atoms with E-state index < -0.39 is 13.1 Å². The lowest BCUT2D eigenvalue weighted by Gasteiger charge is -2.23. The van der Waals surface area contributed by atoms with E-state index in [0.29, 0.717) is 12.7 Å². The Kier molecular flexibility index (Phi) is 3.57. The molecule has 0 saturated heterocycles. The summed E-state index contributed by atoms with van der Waals surface area (Å²) in [7, 11) is -1.01. The van der Waals surface area contributed by atoms with Crippen LogP contribution in [0.3, 0.4) is 0 Å². The summed E-state index contributed by atoms with van der Waals surface area (Å²) in [6.45, 7) is 0. The van der Waals surface area contributed by atoms with Gasteiger partial charge in [-0.1, -0.05) is 12.1 Å². The van der Waals surface area contributed by atoms with Crippen LogP contribution in [0.5, 0.6) is 5.75 Å². The molecule has 0 fully saturated rings. The normalized spacial score (nSPS) is 14.6. The summed E-state index contributed by atoms with van der Waals surface area (Å²) in [6.07, 6.45) is 3.26. The molecule has 98 valence electrons. The van der Waals surface area contributed by atoms with Gasteiger partial charge in [-0.15, -0.1) is 0 Å². The maximum absolute atomic E-state index is 11.4. The van der Waals surface area contributed by atoms with Crippen molar-refractivity contribution in [2.24, 2.45) is 5.73 Å². The lowest BCUT2D eigenvalue weighted by Crippen LogP contribution is -2.28. The lowest BCUT2D eigenvalue weighted by molar-refractivity contribution is 0.0694. The number of allylic oxidation sites excluding steroid dienone is 1. The molecule has 0 aliphatic carbocycles. The highest BCUT2D eigenvalue weighted by Gasteiger charge is 2.29. The number of hydrogen-bond donors (Lipinski definition) is 4. The number of carboxylic acids is 1. The average molecular weight is 260 g/mol. The van der Waals surface area contributed by atoms with Crippen LogP contribution in [0, 0.1) is 5.41 Å². The van der Waals surface area contributed by atoms with Crippen molar-refractivity contribution >= 4 is 25.0 Å². The lowest BCUT2D eigenvalue weighted by atomic mass is 9.78. The molecule has 19 heavy (non-hydrogen) atoms. The van der Waals surface area contributed by atoms with Gasteiger partial charge in [-0.2, -0.15) is 0 Å². The number of aryl methyl sites for hydroxylation is 1. The molecule has 0 spiro atoms. The zero-order valence-electron chi connectivity index (χ0n) is 10.1. The highest BCUT2D eigenvalue weighted by atomic mass is 16.5. The first-order chi connectivity index (χ1) is 9.04. The quantitative estimate of drug-likeness (QED) is 0.472. The number of rotatable bonds is 3. The predicted molar refractivity (Wildman–Crippen MR) is 71.5 cm³/mol. The molecular weight excluding hydrogens is 247 g/mol. The van der Waals surface area contributed by atoms with Crippen LogP contribution in [0.25, 0.3) is 5.70 Å². The minimum Gasteiger partial charge on any atom is -0.535 e. The number of hydrogen-bond acceptors (Lipinski definition) is 5. The van der Waals surface area contributed by atoms with Gasteiger partial charge in [0.25, 0.3) is 0 Å². The third-order valence-corrected chi connectivity index (χ3v) is 2.94. The van der Waals surface area contributed by atoms with Crippen molar-refractivity contribution in [3.05, 3.63) is 34.9 Å². The Morgan fingerprint density at radius 1 is 1.53 bits per heavy atom. The molecule has 0 radical (unpaired) electrons. The molecule has 1 aromatic carbocycles. The van der Waals surface area contributed by atoms with Crippen LogP contribution >= 0.6 is 0 Å². The molecule has 1 aliphatic heterocycles. The molecule has 6 nitrogen and oxygen atoms in total. The Bertz CT molecular complexity index is 571. The zero-order valence-corrected chi connectivity index (χ0v) is 10.1. The molecule has 0 saturated carbocycles. The van der Waals surface area contributed by atoms with Crippen molar-refractivity contribution in [2.45, 2.75) is 12.7 Å². The van der Waals surface area contributed by atoms with Gasteiger partial charge in [0.2, 0.25) is 0 Å². The van der Waals surface area contributed by atoms with Crippen molar-refractivity contribution in [3.8, 4) is 5.75 Å². The molecule has 0 atom stereocenters. The molecule has 5 N–H and O–H groups in total. The minimum absolute atomic E-state index is 0.0770. The monoisotopic (exact) mass is 260 g/mol. The number of carbonyl (C=O) groups is 1. The third kappa shape index (κ3) is 2.46.